The number of benzene rings is 1. The van der Waals surface area contributed by atoms with Gasteiger partial charge in [-0.1, -0.05) is 12.1 Å². The van der Waals surface area contributed by atoms with Gasteiger partial charge in [-0.15, -0.1) is 0 Å². The van der Waals surface area contributed by atoms with E-state index in [0.717, 1.165) is 29.8 Å². The number of methoxy groups -OCH3 is 1. The van der Waals surface area contributed by atoms with E-state index < -0.39 is 0 Å². The summed E-state index contributed by atoms with van der Waals surface area (Å²) in [4.78, 5) is 28.9. The van der Waals surface area contributed by atoms with E-state index in [9.17, 15) is 9.59 Å². The van der Waals surface area contributed by atoms with Crippen LogP contribution in [0.25, 0.3) is 11.3 Å². The van der Waals surface area contributed by atoms with Crippen molar-refractivity contribution in [2.45, 2.75) is 12.8 Å². The number of anilines is 1. The van der Waals surface area contributed by atoms with Gasteiger partial charge in [0.1, 0.15) is 0 Å². The van der Waals surface area contributed by atoms with Gasteiger partial charge in [0.2, 0.25) is 0 Å². The Hall–Kier alpha value is -2.76. The van der Waals surface area contributed by atoms with Crippen molar-refractivity contribution in [2.75, 3.05) is 25.5 Å². The van der Waals surface area contributed by atoms with Gasteiger partial charge in [-0.05, 0) is 42.7 Å². The van der Waals surface area contributed by atoms with Gasteiger partial charge in [0.25, 0.3) is 0 Å². The fraction of sp³-hybridized carbons (Fsp3) is 0.333. The van der Waals surface area contributed by atoms with Crippen LogP contribution in [0.3, 0.4) is 0 Å². The molecule has 1 fully saturated rings. The van der Waals surface area contributed by atoms with Gasteiger partial charge in [0.05, 0.1) is 13.0 Å². The zero-order valence-electron chi connectivity index (χ0n) is 13.6. The smallest absolute Gasteiger partial charge is 0.321 e. The molecule has 0 bridgehead atoms. The number of nitrogens with zero attached hydrogens (tertiary/aromatic N) is 1. The molecule has 1 aliphatic heterocycles. The number of esters is 1. The van der Waals surface area contributed by atoms with Crippen molar-refractivity contribution >= 4 is 17.7 Å². The van der Waals surface area contributed by atoms with E-state index in [4.69, 9.17) is 4.74 Å². The first-order valence-electron chi connectivity index (χ1n) is 8.05. The number of urea groups is 1. The highest BCUT2D eigenvalue weighted by atomic mass is 16.5. The number of rotatable bonds is 3. The molecule has 1 aliphatic rings. The lowest BCUT2D eigenvalue weighted by Crippen LogP contribution is -2.44. The summed E-state index contributed by atoms with van der Waals surface area (Å²) in [6, 6.07) is 11.4. The number of aromatic amines is 1. The molecule has 6 nitrogen and oxygen atoms in total. The first kappa shape index (κ1) is 16.1. The first-order valence-corrected chi connectivity index (χ1v) is 8.05. The Labute approximate surface area is 140 Å². The lowest BCUT2D eigenvalue weighted by Gasteiger charge is -2.31. The second-order valence-corrected chi connectivity index (χ2v) is 5.90. The summed E-state index contributed by atoms with van der Waals surface area (Å²) < 4.78 is 4.78. The van der Waals surface area contributed by atoms with Crippen molar-refractivity contribution in [3.8, 4) is 11.3 Å². The summed E-state index contributed by atoms with van der Waals surface area (Å²) in [6.07, 6.45) is 3.44. The molecule has 1 aromatic heterocycles. The average molecular weight is 327 g/mol. The fourth-order valence-corrected chi connectivity index (χ4v) is 2.97. The largest absolute Gasteiger partial charge is 0.469 e. The molecule has 24 heavy (non-hydrogen) atoms. The van der Waals surface area contributed by atoms with Gasteiger partial charge in [-0.25, -0.2) is 4.79 Å². The van der Waals surface area contributed by atoms with Crippen molar-refractivity contribution in [3.05, 3.63) is 42.6 Å². The number of carbonyl (C=O) groups excluding carboxylic acids is 2. The SMILES string of the molecule is COC(=O)C1CCCN(C(=O)Nc2ccc(-c3ccc[nH]3)cc2)C1. The van der Waals surface area contributed by atoms with Crippen LogP contribution >= 0.6 is 0 Å². The van der Waals surface area contributed by atoms with Crippen LogP contribution in [0.1, 0.15) is 12.8 Å². The Kier molecular flexibility index (Phi) is 4.84. The van der Waals surface area contributed by atoms with Crippen LogP contribution in [0.15, 0.2) is 42.6 Å². The number of carbonyl (C=O) groups is 2. The third kappa shape index (κ3) is 3.59. The minimum Gasteiger partial charge on any atom is -0.469 e. The van der Waals surface area contributed by atoms with E-state index in [2.05, 4.69) is 10.3 Å². The molecule has 2 heterocycles. The maximum absolute atomic E-state index is 12.4. The Balaban J connectivity index is 1.61. The number of H-pyrrole nitrogens is 1. The van der Waals surface area contributed by atoms with Crippen LogP contribution < -0.4 is 5.32 Å². The molecule has 1 atom stereocenters. The Morgan fingerprint density at radius 1 is 1.25 bits per heavy atom. The van der Waals surface area contributed by atoms with Crippen LogP contribution in [0.4, 0.5) is 10.5 Å². The van der Waals surface area contributed by atoms with Gasteiger partial charge >= 0.3 is 12.0 Å². The molecule has 2 aromatic rings. The number of piperidine rings is 1. The highest BCUT2D eigenvalue weighted by Crippen LogP contribution is 2.21. The fourth-order valence-electron chi connectivity index (χ4n) is 2.97. The molecule has 1 aromatic carbocycles. The minimum absolute atomic E-state index is 0.184. The monoisotopic (exact) mass is 327 g/mol. The third-order valence-corrected chi connectivity index (χ3v) is 4.29. The molecule has 3 rings (SSSR count). The predicted molar refractivity (Wildman–Crippen MR) is 91.6 cm³/mol. The minimum atomic E-state index is -0.247. The molecule has 0 aliphatic carbocycles. The summed E-state index contributed by atoms with van der Waals surface area (Å²) in [5.41, 5.74) is 2.82. The van der Waals surface area contributed by atoms with Crippen molar-refractivity contribution in [1.29, 1.82) is 0 Å². The number of likely N-dealkylation sites (tertiary alicyclic amines) is 1. The third-order valence-electron chi connectivity index (χ3n) is 4.29. The van der Waals surface area contributed by atoms with E-state index in [0.29, 0.717) is 13.1 Å². The van der Waals surface area contributed by atoms with Crippen LogP contribution in [0.2, 0.25) is 0 Å². The van der Waals surface area contributed by atoms with Gasteiger partial charge in [-0.2, -0.15) is 0 Å². The summed E-state index contributed by atoms with van der Waals surface area (Å²) in [5.74, 6) is -0.479. The highest BCUT2D eigenvalue weighted by Gasteiger charge is 2.29. The zero-order valence-corrected chi connectivity index (χ0v) is 13.6. The van der Waals surface area contributed by atoms with Crippen molar-refractivity contribution in [2.24, 2.45) is 5.92 Å². The maximum atomic E-state index is 12.4. The van der Waals surface area contributed by atoms with E-state index in [-0.39, 0.29) is 17.9 Å². The highest BCUT2D eigenvalue weighted by molar-refractivity contribution is 5.90. The normalized spacial score (nSPS) is 17.4. The Bertz CT molecular complexity index is 695. The number of hydrogen-bond acceptors (Lipinski definition) is 3. The molecule has 0 radical (unpaired) electrons. The van der Waals surface area contributed by atoms with E-state index in [1.54, 1.807) is 4.90 Å². The van der Waals surface area contributed by atoms with E-state index in [1.807, 2.05) is 42.6 Å². The lowest BCUT2D eigenvalue weighted by molar-refractivity contribution is -0.146. The van der Waals surface area contributed by atoms with Gasteiger partial charge in [0.15, 0.2) is 0 Å². The molecule has 0 saturated carbocycles. The molecular formula is C18H21N3O3. The molecule has 2 N–H and O–H groups in total. The summed E-state index contributed by atoms with van der Waals surface area (Å²) in [5, 5.41) is 2.89. The summed E-state index contributed by atoms with van der Waals surface area (Å²) in [7, 11) is 1.38. The molecule has 1 unspecified atom stereocenters. The van der Waals surface area contributed by atoms with Crippen LogP contribution in [0, 0.1) is 5.92 Å². The molecule has 126 valence electrons. The topological polar surface area (TPSA) is 74.4 Å². The molecule has 6 heteroatoms. The number of amides is 2. The van der Waals surface area contributed by atoms with Crippen LogP contribution in [-0.4, -0.2) is 42.1 Å². The van der Waals surface area contributed by atoms with Crippen molar-refractivity contribution in [1.82, 2.24) is 9.88 Å². The number of nitrogens with one attached hydrogen (secondary N) is 2. The van der Waals surface area contributed by atoms with E-state index in [1.165, 1.54) is 7.11 Å². The number of ether oxygens (including phenoxy) is 1. The standard InChI is InChI=1S/C18H21N3O3/c1-24-17(22)14-4-3-11-21(12-14)18(23)20-15-8-6-13(7-9-15)16-5-2-10-19-16/h2,5-10,14,19H,3-4,11-12H2,1H3,(H,20,23). The summed E-state index contributed by atoms with van der Waals surface area (Å²) >= 11 is 0. The average Bonchev–Trinajstić information content (AvgIpc) is 3.16. The lowest BCUT2D eigenvalue weighted by atomic mass is 9.98. The van der Waals surface area contributed by atoms with Gasteiger partial charge < -0.3 is 19.9 Å². The van der Waals surface area contributed by atoms with Crippen molar-refractivity contribution < 1.29 is 14.3 Å². The molecular weight excluding hydrogens is 306 g/mol. The molecule has 1 saturated heterocycles. The first-order chi connectivity index (χ1) is 11.7. The Morgan fingerprint density at radius 2 is 2.04 bits per heavy atom. The van der Waals surface area contributed by atoms with Crippen molar-refractivity contribution in [3.63, 3.8) is 0 Å². The number of aromatic nitrogens is 1. The Morgan fingerprint density at radius 3 is 2.71 bits per heavy atom. The second kappa shape index (κ2) is 7.21. The van der Waals surface area contributed by atoms with E-state index >= 15 is 0 Å². The van der Waals surface area contributed by atoms with Crippen LogP contribution in [-0.2, 0) is 9.53 Å². The second-order valence-electron chi connectivity index (χ2n) is 5.90. The van der Waals surface area contributed by atoms with Crippen LogP contribution in [0.5, 0.6) is 0 Å². The molecule has 2 amide bonds. The molecule has 0 spiro atoms. The predicted octanol–water partition coefficient (Wildman–Crippen LogP) is 3.10. The zero-order chi connectivity index (χ0) is 16.9. The quantitative estimate of drug-likeness (QED) is 0.851. The number of hydrogen-bond donors (Lipinski definition) is 2. The maximum Gasteiger partial charge on any atom is 0.321 e. The summed E-state index contributed by atoms with van der Waals surface area (Å²) in [6.45, 7) is 1.05. The van der Waals surface area contributed by atoms with Gasteiger partial charge in [-0.3, -0.25) is 4.79 Å². The van der Waals surface area contributed by atoms with Gasteiger partial charge in [0, 0.05) is 30.7 Å².